The van der Waals surface area contributed by atoms with E-state index in [1.165, 1.54) is 0 Å². The van der Waals surface area contributed by atoms with Gasteiger partial charge in [0.1, 0.15) is 11.5 Å². The minimum Gasteiger partial charge on any atom is -0.497 e. The number of thioether (sulfide) groups is 1. The summed E-state index contributed by atoms with van der Waals surface area (Å²) in [6, 6.07) is 14.9. The molecule has 3 aromatic rings. The van der Waals surface area contributed by atoms with Gasteiger partial charge in [0.05, 0.1) is 37.5 Å². The van der Waals surface area contributed by atoms with Gasteiger partial charge in [0.2, 0.25) is 0 Å². The third-order valence-corrected chi connectivity index (χ3v) is 5.34. The van der Waals surface area contributed by atoms with Crippen LogP contribution in [0.3, 0.4) is 0 Å². The SMILES string of the molecule is COc1ccc(-c2cc(C(=O)NC3=NCCS3)c3ccccc3n2)c(OC)c1. The summed E-state index contributed by atoms with van der Waals surface area (Å²) in [6.07, 6.45) is 0. The summed E-state index contributed by atoms with van der Waals surface area (Å²) in [5.74, 6) is 2.02. The highest BCUT2D eigenvalue weighted by Crippen LogP contribution is 2.34. The Balaban J connectivity index is 1.83. The summed E-state index contributed by atoms with van der Waals surface area (Å²) in [6.45, 7) is 0.728. The number of ether oxygens (including phenoxy) is 2. The first kappa shape index (κ1) is 18.3. The molecule has 1 N–H and O–H groups in total. The highest BCUT2D eigenvalue weighted by molar-refractivity contribution is 8.14. The molecule has 28 heavy (non-hydrogen) atoms. The van der Waals surface area contributed by atoms with E-state index in [1.807, 2.05) is 36.4 Å². The molecule has 6 nitrogen and oxygen atoms in total. The highest BCUT2D eigenvalue weighted by Gasteiger charge is 2.18. The van der Waals surface area contributed by atoms with Gasteiger partial charge >= 0.3 is 0 Å². The number of fused-ring (bicyclic) bond motifs is 1. The fourth-order valence-electron chi connectivity index (χ4n) is 3.09. The number of amidine groups is 1. The molecule has 4 rings (SSSR count). The zero-order valence-electron chi connectivity index (χ0n) is 15.6. The van der Waals surface area contributed by atoms with Crippen molar-refractivity contribution in [1.82, 2.24) is 10.3 Å². The van der Waals surface area contributed by atoms with E-state index in [4.69, 9.17) is 14.5 Å². The predicted octanol–water partition coefficient (Wildman–Crippen LogP) is 3.75. The maximum atomic E-state index is 13.0. The first-order valence-corrected chi connectivity index (χ1v) is 9.79. The molecular formula is C21H19N3O3S. The van der Waals surface area contributed by atoms with Crippen molar-refractivity contribution in [3.8, 4) is 22.8 Å². The molecule has 0 atom stereocenters. The minimum atomic E-state index is -0.194. The van der Waals surface area contributed by atoms with Crippen LogP contribution in [0.2, 0.25) is 0 Å². The Labute approximate surface area is 167 Å². The van der Waals surface area contributed by atoms with Gasteiger partial charge in [-0.05, 0) is 24.3 Å². The number of para-hydroxylation sites is 1. The number of rotatable bonds is 4. The van der Waals surface area contributed by atoms with Crippen molar-refractivity contribution < 1.29 is 14.3 Å². The van der Waals surface area contributed by atoms with E-state index >= 15 is 0 Å². The third kappa shape index (κ3) is 3.53. The molecule has 1 aliphatic heterocycles. The molecule has 7 heteroatoms. The molecule has 0 fully saturated rings. The van der Waals surface area contributed by atoms with Gasteiger partial charge < -0.3 is 14.8 Å². The Kier molecular flexibility index (Phi) is 5.16. The average molecular weight is 393 g/mol. The number of benzene rings is 2. The van der Waals surface area contributed by atoms with E-state index in [0.29, 0.717) is 27.9 Å². The van der Waals surface area contributed by atoms with Gasteiger partial charge in [-0.25, -0.2) is 4.98 Å². The second kappa shape index (κ2) is 7.90. The largest absolute Gasteiger partial charge is 0.497 e. The van der Waals surface area contributed by atoms with Crippen LogP contribution in [0.25, 0.3) is 22.2 Å². The Morgan fingerprint density at radius 1 is 1.11 bits per heavy atom. The topological polar surface area (TPSA) is 72.8 Å². The number of aromatic nitrogens is 1. The Morgan fingerprint density at radius 3 is 2.71 bits per heavy atom. The minimum absolute atomic E-state index is 0.194. The number of pyridine rings is 1. The van der Waals surface area contributed by atoms with Crippen molar-refractivity contribution in [3.63, 3.8) is 0 Å². The molecule has 1 aromatic heterocycles. The van der Waals surface area contributed by atoms with Crippen LogP contribution in [0.4, 0.5) is 0 Å². The molecule has 1 aliphatic rings. The molecule has 0 spiro atoms. The van der Waals surface area contributed by atoms with Crippen molar-refractivity contribution in [2.75, 3.05) is 26.5 Å². The molecule has 0 saturated carbocycles. The fourth-order valence-corrected chi connectivity index (χ4v) is 3.81. The lowest BCUT2D eigenvalue weighted by molar-refractivity contribution is 0.0979. The van der Waals surface area contributed by atoms with Gasteiger partial charge in [0, 0.05) is 22.8 Å². The molecule has 0 saturated heterocycles. The van der Waals surface area contributed by atoms with Crippen molar-refractivity contribution >= 4 is 33.7 Å². The molecule has 0 aliphatic carbocycles. The van der Waals surface area contributed by atoms with Crippen LogP contribution < -0.4 is 14.8 Å². The smallest absolute Gasteiger partial charge is 0.257 e. The van der Waals surface area contributed by atoms with Gasteiger partial charge in [-0.1, -0.05) is 30.0 Å². The van der Waals surface area contributed by atoms with Crippen molar-refractivity contribution in [3.05, 3.63) is 54.1 Å². The zero-order valence-corrected chi connectivity index (χ0v) is 16.4. The second-order valence-corrected chi connectivity index (χ2v) is 7.21. The summed E-state index contributed by atoms with van der Waals surface area (Å²) in [5, 5.41) is 4.36. The van der Waals surface area contributed by atoms with Gasteiger partial charge in [0.15, 0.2) is 5.17 Å². The van der Waals surface area contributed by atoms with Gasteiger partial charge in [-0.15, -0.1) is 0 Å². The first-order chi connectivity index (χ1) is 13.7. The maximum Gasteiger partial charge on any atom is 0.257 e. The standard InChI is InChI=1S/C21H19N3O3S/c1-26-13-7-8-15(19(11-13)27-2)18-12-16(14-5-3-4-6-17(14)23-18)20(25)24-21-22-9-10-28-21/h3-8,11-12H,9-10H2,1-2H3,(H,22,24,25). The molecular weight excluding hydrogens is 374 g/mol. The summed E-state index contributed by atoms with van der Waals surface area (Å²) >= 11 is 1.55. The number of aliphatic imine (C=N–C) groups is 1. The van der Waals surface area contributed by atoms with E-state index < -0.39 is 0 Å². The lowest BCUT2D eigenvalue weighted by atomic mass is 10.0. The number of methoxy groups -OCH3 is 2. The van der Waals surface area contributed by atoms with E-state index in [9.17, 15) is 4.79 Å². The molecule has 0 bridgehead atoms. The van der Waals surface area contributed by atoms with Crippen LogP contribution in [0, 0.1) is 0 Å². The molecule has 2 heterocycles. The monoisotopic (exact) mass is 393 g/mol. The molecule has 0 unspecified atom stereocenters. The number of carbonyl (C=O) groups is 1. The van der Waals surface area contributed by atoms with E-state index in [1.54, 1.807) is 38.1 Å². The number of carbonyl (C=O) groups excluding carboxylic acids is 1. The van der Waals surface area contributed by atoms with Crippen LogP contribution in [-0.2, 0) is 0 Å². The van der Waals surface area contributed by atoms with Crippen LogP contribution in [-0.4, -0.2) is 42.6 Å². The van der Waals surface area contributed by atoms with Crippen LogP contribution in [0.1, 0.15) is 10.4 Å². The van der Waals surface area contributed by atoms with E-state index in [-0.39, 0.29) is 5.91 Å². The number of nitrogens with one attached hydrogen (secondary N) is 1. The average Bonchev–Trinajstić information content (AvgIpc) is 3.25. The van der Waals surface area contributed by atoms with Crippen molar-refractivity contribution in [2.45, 2.75) is 0 Å². The molecule has 2 aromatic carbocycles. The molecule has 0 radical (unpaired) electrons. The summed E-state index contributed by atoms with van der Waals surface area (Å²) in [4.78, 5) is 22.0. The lowest BCUT2D eigenvalue weighted by Crippen LogP contribution is -2.27. The Hall–Kier alpha value is -3.06. The Bertz CT molecular complexity index is 1080. The Morgan fingerprint density at radius 2 is 1.96 bits per heavy atom. The van der Waals surface area contributed by atoms with E-state index in [2.05, 4.69) is 10.3 Å². The van der Waals surface area contributed by atoms with Crippen molar-refractivity contribution in [1.29, 1.82) is 0 Å². The number of hydrogen-bond donors (Lipinski definition) is 1. The maximum absolute atomic E-state index is 13.0. The summed E-state index contributed by atoms with van der Waals surface area (Å²) < 4.78 is 10.8. The number of nitrogens with zero attached hydrogens (tertiary/aromatic N) is 2. The van der Waals surface area contributed by atoms with Gasteiger partial charge in [-0.3, -0.25) is 9.79 Å². The summed E-state index contributed by atoms with van der Waals surface area (Å²) in [5.41, 5.74) is 2.73. The quantitative estimate of drug-likeness (QED) is 0.731. The number of amides is 1. The van der Waals surface area contributed by atoms with Gasteiger partial charge in [-0.2, -0.15) is 0 Å². The highest BCUT2D eigenvalue weighted by atomic mass is 32.2. The van der Waals surface area contributed by atoms with Crippen LogP contribution in [0.15, 0.2) is 53.5 Å². The zero-order chi connectivity index (χ0) is 19.5. The van der Waals surface area contributed by atoms with Crippen LogP contribution in [0.5, 0.6) is 11.5 Å². The molecule has 1 amide bonds. The fraction of sp³-hybridized carbons (Fsp3) is 0.190. The second-order valence-electron chi connectivity index (χ2n) is 6.13. The summed E-state index contributed by atoms with van der Waals surface area (Å²) in [7, 11) is 3.21. The third-order valence-electron chi connectivity index (χ3n) is 4.45. The molecule has 142 valence electrons. The lowest BCUT2D eigenvalue weighted by Gasteiger charge is -2.13. The predicted molar refractivity (Wildman–Crippen MR) is 113 cm³/mol. The number of hydrogen-bond acceptors (Lipinski definition) is 6. The normalized spacial score (nSPS) is 13.3. The van der Waals surface area contributed by atoms with Crippen molar-refractivity contribution in [2.24, 2.45) is 4.99 Å². The first-order valence-electron chi connectivity index (χ1n) is 8.80. The van der Waals surface area contributed by atoms with Gasteiger partial charge in [0.25, 0.3) is 5.91 Å². The van der Waals surface area contributed by atoms with E-state index in [0.717, 1.165) is 28.8 Å². The van der Waals surface area contributed by atoms with Crippen LogP contribution >= 0.6 is 11.8 Å².